The SMILES string of the molecule is [C-]#[N+]C1=C(CC(C)=O)Nc2[nH]ncc2C1c1cccc2nonc12. The average Bonchev–Trinajstić information content (AvgIpc) is 3.21. The molecular formula is C16H12N6O2. The number of fused-ring (bicyclic) bond motifs is 2. The number of aromatic amines is 1. The Morgan fingerprint density at radius 1 is 1.38 bits per heavy atom. The van der Waals surface area contributed by atoms with Crippen molar-refractivity contribution in [1.82, 2.24) is 20.5 Å². The zero-order chi connectivity index (χ0) is 16.7. The van der Waals surface area contributed by atoms with Crippen LogP contribution in [0.25, 0.3) is 15.9 Å². The predicted octanol–water partition coefficient (Wildman–Crippen LogP) is 2.61. The number of carbonyl (C=O) groups excluding carboxylic acids is 1. The molecule has 0 fully saturated rings. The van der Waals surface area contributed by atoms with Gasteiger partial charge in [0, 0.05) is 17.7 Å². The number of anilines is 1. The zero-order valence-electron chi connectivity index (χ0n) is 12.7. The van der Waals surface area contributed by atoms with Crippen LogP contribution in [0.2, 0.25) is 0 Å². The van der Waals surface area contributed by atoms with Crippen molar-refractivity contribution in [2.24, 2.45) is 0 Å². The molecule has 1 aliphatic rings. The molecule has 0 saturated carbocycles. The molecule has 8 nitrogen and oxygen atoms in total. The third kappa shape index (κ3) is 2.06. The van der Waals surface area contributed by atoms with Gasteiger partial charge in [-0.2, -0.15) is 5.10 Å². The Morgan fingerprint density at radius 3 is 3.04 bits per heavy atom. The number of hydrogen-bond donors (Lipinski definition) is 2. The normalized spacial score (nSPS) is 16.6. The van der Waals surface area contributed by atoms with Crippen LogP contribution in [0.3, 0.4) is 0 Å². The standard InChI is InChI=1S/C16H12N6O2/c1-8(23)6-12-15(17-2)13(10-7-18-20-16(10)19-12)9-4-3-5-11-14(9)22-24-21-11/h3-5,7,13H,6H2,1H3,(H2,18,19,20). The lowest BCUT2D eigenvalue weighted by Crippen LogP contribution is -2.18. The maximum absolute atomic E-state index is 11.6. The van der Waals surface area contributed by atoms with Crippen molar-refractivity contribution in [3.8, 4) is 0 Å². The van der Waals surface area contributed by atoms with E-state index in [1.807, 2.05) is 12.1 Å². The number of allylic oxidation sites excluding steroid dienone is 2. The average molecular weight is 320 g/mol. The molecule has 1 unspecified atom stereocenters. The summed E-state index contributed by atoms with van der Waals surface area (Å²) in [7, 11) is 0. The Kier molecular flexibility index (Phi) is 3.13. The first-order valence-corrected chi connectivity index (χ1v) is 7.30. The van der Waals surface area contributed by atoms with Crippen LogP contribution in [-0.2, 0) is 4.79 Å². The topological polar surface area (TPSA) is 101 Å². The van der Waals surface area contributed by atoms with Crippen LogP contribution in [0, 0.1) is 6.57 Å². The summed E-state index contributed by atoms with van der Waals surface area (Å²) in [6, 6.07) is 5.52. The number of aromatic nitrogens is 4. The minimum absolute atomic E-state index is 0.0262. The zero-order valence-corrected chi connectivity index (χ0v) is 12.7. The molecule has 3 heterocycles. The van der Waals surface area contributed by atoms with Gasteiger partial charge in [0.25, 0.3) is 0 Å². The molecule has 4 rings (SSSR count). The summed E-state index contributed by atoms with van der Waals surface area (Å²) in [6.07, 6.45) is 1.83. The van der Waals surface area contributed by atoms with Crippen molar-refractivity contribution in [1.29, 1.82) is 0 Å². The van der Waals surface area contributed by atoms with Crippen LogP contribution in [0.5, 0.6) is 0 Å². The quantitative estimate of drug-likeness (QED) is 0.719. The summed E-state index contributed by atoms with van der Waals surface area (Å²) >= 11 is 0. The van der Waals surface area contributed by atoms with E-state index in [2.05, 4.69) is 30.7 Å². The molecule has 24 heavy (non-hydrogen) atoms. The van der Waals surface area contributed by atoms with Gasteiger partial charge in [-0.1, -0.05) is 12.1 Å². The maximum Gasteiger partial charge on any atom is 0.196 e. The van der Waals surface area contributed by atoms with E-state index in [-0.39, 0.29) is 18.1 Å². The summed E-state index contributed by atoms with van der Waals surface area (Å²) < 4.78 is 4.84. The third-order valence-electron chi connectivity index (χ3n) is 4.01. The molecular weight excluding hydrogens is 308 g/mol. The Labute approximate surface area is 136 Å². The predicted molar refractivity (Wildman–Crippen MR) is 84.8 cm³/mol. The van der Waals surface area contributed by atoms with E-state index in [4.69, 9.17) is 11.2 Å². The van der Waals surface area contributed by atoms with Crippen molar-refractivity contribution in [2.75, 3.05) is 5.32 Å². The van der Waals surface area contributed by atoms with Crippen molar-refractivity contribution < 1.29 is 9.42 Å². The number of hydrogen-bond acceptors (Lipinski definition) is 6. The second kappa shape index (κ2) is 5.31. The molecule has 0 bridgehead atoms. The van der Waals surface area contributed by atoms with Crippen LogP contribution >= 0.6 is 0 Å². The van der Waals surface area contributed by atoms with Gasteiger partial charge in [-0.25, -0.2) is 9.47 Å². The molecule has 8 heteroatoms. The number of Topliss-reactive ketones (excluding diaryl/α,β-unsaturated/α-hetero) is 1. The summed E-state index contributed by atoms with van der Waals surface area (Å²) in [5.74, 6) is 0.265. The number of ketones is 1. The van der Waals surface area contributed by atoms with Gasteiger partial charge in [0.2, 0.25) is 0 Å². The fourth-order valence-corrected chi connectivity index (χ4v) is 3.04. The lowest BCUT2D eigenvalue weighted by atomic mass is 9.85. The summed E-state index contributed by atoms with van der Waals surface area (Å²) in [4.78, 5) is 15.3. The highest BCUT2D eigenvalue weighted by Gasteiger charge is 2.33. The van der Waals surface area contributed by atoms with Crippen molar-refractivity contribution in [3.05, 3.63) is 58.3 Å². The molecule has 2 N–H and O–H groups in total. The van der Waals surface area contributed by atoms with Crippen LogP contribution in [0.1, 0.15) is 30.4 Å². The first-order chi connectivity index (χ1) is 11.7. The van der Waals surface area contributed by atoms with E-state index in [1.165, 1.54) is 6.92 Å². The number of benzene rings is 1. The van der Waals surface area contributed by atoms with Gasteiger partial charge >= 0.3 is 0 Å². The van der Waals surface area contributed by atoms with Crippen LogP contribution in [0.15, 0.2) is 40.4 Å². The number of nitrogens with one attached hydrogen (secondary N) is 2. The van der Waals surface area contributed by atoms with Crippen molar-refractivity contribution in [2.45, 2.75) is 19.3 Å². The molecule has 0 amide bonds. The van der Waals surface area contributed by atoms with E-state index in [0.717, 1.165) is 11.1 Å². The lowest BCUT2D eigenvalue weighted by molar-refractivity contribution is -0.116. The fraction of sp³-hybridized carbons (Fsp3) is 0.188. The molecule has 1 aromatic carbocycles. The second-order valence-corrected chi connectivity index (χ2v) is 5.59. The van der Waals surface area contributed by atoms with Gasteiger partial charge in [-0.15, -0.1) is 0 Å². The van der Waals surface area contributed by atoms with Gasteiger partial charge in [0.15, 0.2) is 5.70 Å². The Morgan fingerprint density at radius 2 is 2.25 bits per heavy atom. The molecule has 0 radical (unpaired) electrons. The molecule has 0 saturated heterocycles. The van der Waals surface area contributed by atoms with E-state index in [1.54, 1.807) is 12.3 Å². The van der Waals surface area contributed by atoms with Gasteiger partial charge in [-0.05, 0) is 28.9 Å². The Balaban J connectivity index is 1.98. The minimum atomic E-state index is -0.387. The van der Waals surface area contributed by atoms with Gasteiger partial charge in [0.1, 0.15) is 22.6 Å². The third-order valence-corrected chi connectivity index (χ3v) is 4.01. The van der Waals surface area contributed by atoms with Gasteiger partial charge in [0.05, 0.1) is 18.7 Å². The van der Waals surface area contributed by atoms with Crippen molar-refractivity contribution in [3.63, 3.8) is 0 Å². The molecule has 0 aliphatic carbocycles. The molecule has 2 aromatic heterocycles. The monoisotopic (exact) mass is 320 g/mol. The van der Waals surface area contributed by atoms with Crippen LogP contribution in [-0.4, -0.2) is 26.3 Å². The molecule has 0 spiro atoms. The number of nitrogens with zero attached hydrogens (tertiary/aromatic N) is 4. The number of carbonyl (C=O) groups is 1. The van der Waals surface area contributed by atoms with E-state index in [0.29, 0.717) is 28.2 Å². The van der Waals surface area contributed by atoms with Crippen LogP contribution < -0.4 is 5.32 Å². The van der Waals surface area contributed by atoms with E-state index >= 15 is 0 Å². The highest BCUT2D eigenvalue weighted by atomic mass is 16.6. The smallest absolute Gasteiger partial charge is 0.196 e. The maximum atomic E-state index is 11.6. The number of rotatable bonds is 3. The number of H-pyrrole nitrogens is 1. The first kappa shape index (κ1) is 14.1. The summed E-state index contributed by atoms with van der Waals surface area (Å²) in [6.45, 7) is 9.14. The van der Waals surface area contributed by atoms with E-state index in [9.17, 15) is 4.79 Å². The van der Waals surface area contributed by atoms with E-state index < -0.39 is 0 Å². The van der Waals surface area contributed by atoms with Gasteiger partial charge in [-0.3, -0.25) is 9.89 Å². The molecule has 3 aromatic rings. The molecule has 118 valence electrons. The molecule has 1 aliphatic heterocycles. The largest absolute Gasteiger partial charge is 0.353 e. The fourth-order valence-electron chi connectivity index (χ4n) is 3.04. The summed E-state index contributed by atoms with van der Waals surface area (Å²) in [5, 5.41) is 17.9. The lowest BCUT2D eigenvalue weighted by Gasteiger charge is -2.25. The highest BCUT2D eigenvalue weighted by Crippen LogP contribution is 2.43. The van der Waals surface area contributed by atoms with Crippen LogP contribution in [0.4, 0.5) is 5.82 Å². The minimum Gasteiger partial charge on any atom is -0.353 e. The summed E-state index contributed by atoms with van der Waals surface area (Å²) in [5.41, 5.74) is 3.87. The van der Waals surface area contributed by atoms with Gasteiger partial charge < -0.3 is 5.32 Å². The Hall–Kier alpha value is -3.47. The first-order valence-electron chi connectivity index (χ1n) is 7.30. The second-order valence-electron chi connectivity index (χ2n) is 5.59. The Bertz CT molecular complexity index is 1020. The van der Waals surface area contributed by atoms with Crippen molar-refractivity contribution >= 4 is 22.6 Å². The highest BCUT2D eigenvalue weighted by molar-refractivity contribution is 5.83. The molecule has 1 atom stereocenters.